The molecule has 1 unspecified atom stereocenters. The van der Waals surface area contributed by atoms with Crippen LogP contribution in [-0.4, -0.2) is 40.1 Å². The van der Waals surface area contributed by atoms with Crippen LogP contribution in [0.15, 0.2) is 11.6 Å². The summed E-state index contributed by atoms with van der Waals surface area (Å²) in [5.74, 6) is 0.663. The number of aliphatic hydroxyl groups is 1. The number of hydrogen-bond acceptors (Lipinski definition) is 4. The summed E-state index contributed by atoms with van der Waals surface area (Å²) < 4.78 is 0. The Bertz CT molecular complexity index is 409. The van der Waals surface area contributed by atoms with Gasteiger partial charge in [0.15, 0.2) is 0 Å². The summed E-state index contributed by atoms with van der Waals surface area (Å²) in [4.78, 5) is 18.2. The van der Waals surface area contributed by atoms with E-state index >= 15 is 0 Å². The Balaban J connectivity index is 1.54. The van der Waals surface area contributed by atoms with Crippen molar-refractivity contribution >= 4 is 17.2 Å². The van der Waals surface area contributed by atoms with Gasteiger partial charge in [-0.3, -0.25) is 4.79 Å². The fraction of sp³-hybridized carbons (Fsp3) is 0.692. The summed E-state index contributed by atoms with van der Waals surface area (Å²) in [7, 11) is 0. The third-order valence-electron chi connectivity index (χ3n) is 3.93. The van der Waals surface area contributed by atoms with E-state index in [4.69, 9.17) is 0 Å². The van der Waals surface area contributed by atoms with Crippen LogP contribution in [0.4, 0.5) is 0 Å². The maximum absolute atomic E-state index is 12.0. The zero-order chi connectivity index (χ0) is 12.5. The molecule has 3 rings (SSSR count). The third kappa shape index (κ3) is 2.42. The van der Waals surface area contributed by atoms with Crippen molar-refractivity contribution in [1.29, 1.82) is 0 Å². The zero-order valence-corrected chi connectivity index (χ0v) is 11.1. The van der Waals surface area contributed by atoms with Gasteiger partial charge in [0.05, 0.1) is 5.01 Å². The van der Waals surface area contributed by atoms with Crippen LogP contribution in [0.3, 0.4) is 0 Å². The highest BCUT2D eigenvalue weighted by Crippen LogP contribution is 2.35. The SMILES string of the molecule is O=C(C(O)C1CC1)N1CCC(c2nccs2)CC1. The third-order valence-corrected chi connectivity index (χ3v) is 4.87. The van der Waals surface area contributed by atoms with Gasteiger partial charge >= 0.3 is 0 Å². The summed E-state index contributed by atoms with van der Waals surface area (Å²) in [5, 5.41) is 13.0. The highest BCUT2D eigenvalue weighted by atomic mass is 32.1. The number of thiazole rings is 1. The van der Waals surface area contributed by atoms with Gasteiger partial charge in [-0.1, -0.05) is 0 Å². The van der Waals surface area contributed by atoms with E-state index in [0.29, 0.717) is 5.92 Å². The maximum atomic E-state index is 12.0. The van der Waals surface area contributed by atoms with Crippen molar-refractivity contribution in [3.8, 4) is 0 Å². The van der Waals surface area contributed by atoms with Crippen LogP contribution in [0.25, 0.3) is 0 Å². The van der Waals surface area contributed by atoms with Gasteiger partial charge in [-0.15, -0.1) is 11.3 Å². The molecule has 0 spiro atoms. The zero-order valence-electron chi connectivity index (χ0n) is 10.3. The number of hydrogen-bond donors (Lipinski definition) is 1. The molecule has 0 radical (unpaired) electrons. The van der Waals surface area contributed by atoms with Crippen molar-refractivity contribution in [2.45, 2.75) is 37.7 Å². The molecule has 5 heteroatoms. The normalized spacial score (nSPS) is 23.1. The van der Waals surface area contributed by atoms with Gasteiger partial charge in [0, 0.05) is 30.6 Å². The average Bonchev–Trinajstić information content (AvgIpc) is 3.12. The molecule has 2 heterocycles. The molecule has 2 fully saturated rings. The monoisotopic (exact) mass is 266 g/mol. The highest BCUT2D eigenvalue weighted by molar-refractivity contribution is 7.09. The largest absolute Gasteiger partial charge is 0.383 e. The number of likely N-dealkylation sites (tertiary alicyclic amines) is 1. The van der Waals surface area contributed by atoms with Gasteiger partial charge in [0.1, 0.15) is 6.10 Å². The van der Waals surface area contributed by atoms with E-state index in [9.17, 15) is 9.90 Å². The van der Waals surface area contributed by atoms with Gasteiger partial charge in [0.2, 0.25) is 0 Å². The van der Waals surface area contributed by atoms with Crippen molar-refractivity contribution in [1.82, 2.24) is 9.88 Å². The first-order chi connectivity index (χ1) is 8.75. The maximum Gasteiger partial charge on any atom is 0.251 e. The molecule has 4 nitrogen and oxygen atoms in total. The molecule has 1 N–H and O–H groups in total. The molecule has 0 bridgehead atoms. The molecule has 1 saturated carbocycles. The number of carbonyl (C=O) groups excluding carboxylic acids is 1. The Kier molecular flexibility index (Phi) is 3.35. The number of piperidine rings is 1. The second-order valence-electron chi connectivity index (χ2n) is 5.25. The lowest BCUT2D eigenvalue weighted by atomic mass is 9.97. The molecule has 0 aromatic carbocycles. The van der Waals surface area contributed by atoms with Gasteiger partial charge in [-0.05, 0) is 31.6 Å². The minimum Gasteiger partial charge on any atom is -0.383 e. The standard InChI is InChI=1S/C13H18N2O2S/c16-11(9-1-2-9)13(17)15-6-3-10(4-7-15)12-14-5-8-18-12/h5,8-11,16H,1-4,6-7H2. The van der Waals surface area contributed by atoms with Crippen LogP contribution >= 0.6 is 11.3 Å². The van der Waals surface area contributed by atoms with Gasteiger partial charge in [-0.25, -0.2) is 4.98 Å². The van der Waals surface area contributed by atoms with Gasteiger partial charge in [-0.2, -0.15) is 0 Å². The Morgan fingerprint density at radius 1 is 1.39 bits per heavy atom. The van der Waals surface area contributed by atoms with Crippen LogP contribution in [-0.2, 0) is 4.79 Å². The Labute approximate surface area is 111 Å². The van der Waals surface area contributed by atoms with Crippen LogP contribution in [0.5, 0.6) is 0 Å². The minimum atomic E-state index is -0.749. The lowest BCUT2D eigenvalue weighted by Gasteiger charge is -2.32. The van der Waals surface area contributed by atoms with Crippen molar-refractivity contribution in [2.24, 2.45) is 5.92 Å². The van der Waals surface area contributed by atoms with Gasteiger partial charge < -0.3 is 10.0 Å². The highest BCUT2D eigenvalue weighted by Gasteiger charge is 2.37. The summed E-state index contributed by atoms with van der Waals surface area (Å²) in [6.07, 6.45) is 5.04. The molecule has 98 valence electrons. The second-order valence-corrected chi connectivity index (χ2v) is 6.18. The Morgan fingerprint density at radius 2 is 2.11 bits per heavy atom. The number of amides is 1. The summed E-state index contributed by atoms with van der Waals surface area (Å²) in [6.45, 7) is 1.51. The molecule has 1 amide bonds. The molecule has 1 atom stereocenters. The first-order valence-electron chi connectivity index (χ1n) is 6.62. The predicted molar refractivity (Wildman–Crippen MR) is 69.4 cm³/mol. The molecule has 1 aromatic heterocycles. The van der Waals surface area contributed by atoms with E-state index in [0.717, 1.165) is 38.8 Å². The first-order valence-corrected chi connectivity index (χ1v) is 7.50. The topological polar surface area (TPSA) is 53.4 Å². The lowest BCUT2D eigenvalue weighted by Crippen LogP contribution is -2.44. The quantitative estimate of drug-likeness (QED) is 0.904. The number of rotatable bonds is 3. The minimum absolute atomic E-state index is 0.0601. The van der Waals surface area contributed by atoms with Gasteiger partial charge in [0.25, 0.3) is 5.91 Å². The Morgan fingerprint density at radius 3 is 2.67 bits per heavy atom. The van der Waals surface area contributed by atoms with Crippen LogP contribution < -0.4 is 0 Å². The molecule has 1 aliphatic heterocycles. The number of carbonyl (C=O) groups is 1. The number of aliphatic hydroxyl groups excluding tert-OH is 1. The molecule has 1 saturated heterocycles. The molecular formula is C13H18N2O2S. The molecular weight excluding hydrogens is 248 g/mol. The fourth-order valence-electron chi connectivity index (χ4n) is 2.58. The van der Waals surface area contributed by atoms with Crippen molar-refractivity contribution in [3.05, 3.63) is 16.6 Å². The summed E-state index contributed by atoms with van der Waals surface area (Å²) >= 11 is 1.70. The number of nitrogens with zero attached hydrogens (tertiary/aromatic N) is 2. The van der Waals surface area contributed by atoms with E-state index in [-0.39, 0.29) is 11.8 Å². The summed E-state index contributed by atoms with van der Waals surface area (Å²) in [6, 6.07) is 0. The van der Waals surface area contributed by atoms with E-state index in [1.807, 2.05) is 16.5 Å². The predicted octanol–water partition coefficient (Wildman–Crippen LogP) is 1.62. The molecule has 1 aromatic rings. The molecule has 18 heavy (non-hydrogen) atoms. The number of aromatic nitrogens is 1. The summed E-state index contributed by atoms with van der Waals surface area (Å²) in [5.41, 5.74) is 0. The Hall–Kier alpha value is -0.940. The lowest BCUT2D eigenvalue weighted by molar-refractivity contribution is -0.142. The van der Waals surface area contributed by atoms with E-state index < -0.39 is 6.10 Å². The second kappa shape index (κ2) is 4.97. The van der Waals surface area contributed by atoms with Crippen molar-refractivity contribution < 1.29 is 9.90 Å². The smallest absolute Gasteiger partial charge is 0.251 e. The van der Waals surface area contributed by atoms with Crippen LogP contribution in [0.2, 0.25) is 0 Å². The van der Waals surface area contributed by atoms with E-state index in [1.165, 1.54) is 5.01 Å². The van der Waals surface area contributed by atoms with Crippen LogP contribution in [0.1, 0.15) is 36.6 Å². The first kappa shape index (κ1) is 12.1. The van der Waals surface area contributed by atoms with Crippen molar-refractivity contribution in [3.63, 3.8) is 0 Å². The molecule has 1 aliphatic carbocycles. The van der Waals surface area contributed by atoms with E-state index in [1.54, 1.807) is 11.3 Å². The van der Waals surface area contributed by atoms with Crippen LogP contribution in [0, 0.1) is 5.92 Å². The van der Waals surface area contributed by atoms with E-state index in [2.05, 4.69) is 4.98 Å². The fourth-order valence-corrected chi connectivity index (χ4v) is 3.39. The average molecular weight is 266 g/mol. The van der Waals surface area contributed by atoms with Crippen molar-refractivity contribution in [2.75, 3.05) is 13.1 Å². The molecule has 2 aliphatic rings.